The maximum absolute atomic E-state index is 9.59. The first-order valence-corrected chi connectivity index (χ1v) is 6.16. The van der Waals surface area contributed by atoms with E-state index in [1.54, 1.807) is 4.68 Å². The summed E-state index contributed by atoms with van der Waals surface area (Å²) in [6, 6.07) is 10.0. The molecule has 0 saturated heterocycles. The minimum absolute atomic E-state index is 0.0527. The Hall–Kier alpha value is -1.81. The van der Waals surface area contributed by atoms with Crippen LogP contribution in [-0.4, -0.2) is 21.5 Å². The molecule has 0 radical (unpaired) electrons. The number of nitrogens with zero attached hydrogens (tertiary/aromatic N) is 2. The minimum atomic E-state index is -0.0527. The summed E-state index contributed by atoms with van der Waals surface area (Å²) in [5, 5.41) is 14.0. The highest BCUT2D eigenvalue weighted by atomic mass is 16.3. The summed E-state index contributed by atoms with van der Waals surface area (Å²) in [7, 11) is 1.83. The molecule has 1 saturated carbocycles. The normalized spacial score (nSPS) is 16.8. The summed E-state index contributed by atoms with van der Waals surface area (Å²) >= 11 is 0. The number of benzene rings is 1. The molecule has 0 atom stereocenters. The number of aliphatic hydroxyl groups is 1. The van der Waals surface area contributed by atoms with E-state index in [0.717, 1.165) is 24.1 Å². The second-order valence-electron chi connectivity index (χ2n) is 5.06. The van der Waals surface area contributed by atoms with E-state index in [1.165, 1.54) is 5.56 Å². The van der Waals surface area contributed by atoms with Crippen molar-refractivity contribution in [1.82, 2.24) is 9.78 Å². The first-order chi connectivity index (χ1) is 8.66. The molecule has 1 aliphatic carbocycles. The van der Waals surface area contributed by atoms with Crippen molar-refractivity contribution in [3.8, 4) is 11.3 Å². The van der Waals surface area contributed by atoms with Gasteiger partial charge in [0.2, 0.25) is 0 Å². The van der Waals surface area contributed by atoms with Gasteiger partial charge in [0.1, 0.15) is 5.82 Å². The van der Waals surface area contributed by atoms with Crippen LogP contribution in [0.25, 0.3) is 11.3 Å². The van der Waals surface area contributed by atoms with Gasteiger partial charge in [0.25, 0.3) is 0 Å². The topological polar surface area (TPSA) is 64.1 Å². The van der Waals surface area contributed by atoms with Crippen molar-refractivity contribution in [3.05, 3.63) is 35.9 Å². The fourth-order valence-electron chi connectivity index (χ4n) is 2.45. The summed E-state index contributed by atoms with van der Waals surface area (Å²) < 4.78 is 1.67. The molecule has 3 rings (SSSR count). The summed E-state index contributed by atoms with van der Waals surface area (Å²) in [4.78, 5) is 0. The quantitative estimate of drug-likeness (QED) is 0.862. The molecule has 1 aromatic heterocycles. The number of aliphatic hydroxyl groups excluding tert-OH is 1. The number of nitrogens with two attached hydrogens (primary N) is 1. The van der Waals surface area contributed by atoms with E-state index in [0.29, 0.717) is 5.82 Å². The van der Waals surface area contributed by atoms with Gasteiger partial charge < -0.3 is 10.8 Å². The molecule has 4 heteroatoms. The maximum atomic E-state index is 9.59. The molecule has 0 amide bonds. The van der Waals surface area contributed by atoms with Crippen molar-refractivity contribution in [2.75, 3.05) is 12.3 Å². The number of hydrogen-bond donors (Lipinski definition) is 2. The van der Waals surface area contributed by atoms with Gasteiger partial charge >= 0.3 is 0 Å². The summed E-state index contributed by atoms with van der Waals surface area (Å²) in [5.74, 6) is 0.647. The van der Waals surface area contributed by atoms with Crippen molar-refractivity contribution >= 4 is 5.82 Å². The third kappa shape index (κ3) is 1.61. The lowest BCUT2D eigenvalue weighted by molar-refractivity contribution is 0.255. The van der Waals surface area contributed by atoms with Gasteiger partial charge in [-0.25, -0.2) is 0 Å². The molecule has 3 N–H and O–H groups in total. The highest BCUT2D eigenvalue weighted by molar-refractivity contribution is 5.68. The molecular weight excluding hydrogens is 226 g/mol. The maximum Gasteiger partial charge on any atom is 0.121 e. The van der Waals surface area contributed by atoms with Crippen LogP contribution in [0.4, 0.5) is 5.82 Å². The Morgan fingerprint density at radius 1 is 1.39 bits per heavy atom. The third-order valence-electron chi connectivity index (χ3n) is 3.85. The third-order valence-corrected chi connectivity index (χ3v) is 3.85. The van der Waals surface area contributed by atoms with E-state index >= 15 is 0 Å². The van der Waals surface area contributed by atoms with Gasteiger partial charge in [0, 0.05) is 24.1 Å². The van der Waals surface area contributed by atoms with Gasteiger partial charge in [-0.2, -0.15) is 5.10 Å². The highest BCUT2D eigenvalue weighted by Crippen LogP contribution is 2.50. The van der Waals surface area contributed by atoms with Gasteiger partial charge in [-0.3, -0.25) is 4.68 Å². The standard InChI is InChI=1S/C14H17N3O/c1-17-13(15)8-12(16-17)10-4-2-3-5-11(10)14(9-18)6-7-14/h2-5,8,18H,6-7,9,15H2,1H3. The van der Waals surface area contributed by atoms with Crippen molar-refractivity contribution in [1.29, 1.82) is 0 Å². The molecule has 2 aromatic rings. The Labute approximate surface area is 106 Å². The number of aryl methyl sites for hydroxylation is 1. The van der Waals surface area contributed by atoms with E-state index in [-0.39, 0.29) is 12.0 Å². The molecule has 1 heterocycles. The molecule has 1 aliphatic rings. The Bertz CT molecular complexity index is 565. The van der Waals surface area contributed by atoms with Crippen molar-refractivity contribution in [3.63, 3.8) is 0 Å². The molecular formula is C14H17N3O. The predicted molar refractivity (Wildman–Crippen MR) is 71.1 cm³/mol. The van der Waals surface area contributed by atoms with Crippen LogP contribution in [0, 0.1) is 0 Å². The molecule has 1 fully saturated rings. The molecule has 0 aliphatic heterocycles. The zero-order valence-corrected chi connectivity index (χ0v) is 10.4. The number of rotatable bonds is 3. The van der Waals surface area contributed by atoms with E-state index in [2.05, 4.69) is 11.2 Å². The average Bonchev–Trinajstić information content (AvgIpc) is 3.12. The van der Waals surface area contributed by atoms with Crippen LogP contribution in [0.1, 0.15) is 18.4 Å². The lowest BCUT2D eigenvalue weighted by Crippen LogP contribution is -2.13. The largest absolute Gasteiger partial charge is 0.395 e. The molecule has 18 heavy (non-hydrogen) atoms. The molecule has 0 bridgehead atoms. The fourth-order valence-corrected chi connectivity index (χ4v) is 2.45. The van der Waals surface area contributed by atoms with Gasteiger partial charge in [0.05, 0.1) is 12.3 Å². The van der Waals surface area contributed by atoms with Crippen LogP contribution in [0.5, 0.6) is 0 Å². The Balaban J connectivity index is 2.12. The summed E-state index contributed by atoms with van der Waals surface area (Å²) in [6.45, 7) is 0.201. The van der Waals surface area contributed by atoms with E-state index in [1.807, 2.05) is 31.3 Å². The van der Waals surface area contributed by atoms with Crippen molar-refractivity contribution in [2.24, 2.45) is 7.05 Å². The minimum Gasteiger partial charge on any atom is -0.395 e. The van der Waals surface area contributed by atoms with Crippen LogP contribution in [0.3, 0.4) is 0 Å². The van der Waals surface area contributed by atoms with Gasteiger partial charge in [0.15, 0.2) is 0 Å². The van der Waals surface area contributed by atoms with Crippen LogP contribution in [0.15, 0.2) is 30.3 Å². The first-order valence-electron chi connectivity index (χ1n) is 6.16. The Kier molecular flexibility index (Phi) is 2.41. The lowest BCUT2D eigenvalue weighted by atomic mass is 9.91. The molecule has 94 valence electrons. The van der Waals surface area contributed by atoms with Crippen LogP contribution >= 0.6 is 0 Å². The zero-order valence-electron chi connectivity index (χ0n) is 10.4. The number of aromatic nitrogens is 2. The average molecular weight is 243 g/mol. The van der Waals surface area contributed by atoms with E-state index < -0.39 is 0 Å². The van der Waals surface area contributed by atoms with Gasteiger partial charge in [-0.05, 0) is 18.4 Å². The van der Waals surface area contributed by atoms with Gasteiger partial charge in [-0.15, -0.1) is 0 Å². The first kappa shape index (κ1) is 11.3. The predicted octanol–water partition coefficient (Wildman–Crippen LogP) is 1.69. The lowest BCUT2D eigenvalue weighted by Gasteiger charge is -2.15. The fraction of sp³-hybridized carbons (Fsp3) is 0.357. The highest BCUT2D eigenvalue weighted by Gasteiger charge is 2.45. The Morgan fingerprint density at radius 2 is 2.11 bits per heavy atom. The van der Waals surface area contributed by atoms with Crippen LogP contribution < -0.4 is 5.73 Å². The summed E-state index contributed by atoms with van der Waals surface area (Å²) in [5.41, 5.74) is 8.93. The molecule has 0 unspecified atom stereocenters. The van der Waals surface area contributed by atoms with Gasteiger partial charge in [-0.1, -0.05) is 24.3 Å². The monoisotopic (exact) mass is 243 g/mol. The zero-order chi connectivity index (χ0) is 12.8. The van der Waals surface area contributed by atoms with E-state index in [4.69, 9.17) is 5.73 Å². The van der Waals surface area contributed by atoms with Crippen molar-refractivity contribution in [2.45, 2.75) is 18.3 Å². The van der Waals surface area contributed by atoms with Crippen molar-refractivity contribution < 1.29 is 5.11 Å². The second kappa shape index (κ2) is 3.85. The summed E-state index contributed by atoms with van der Waals surface area (Å²) in [6.07, 6.45) is 2.09. The Morgan fingerprint density at radius 3 is 2.67 bits per heavy atom. The number of hydrogen-bond acceptors (Lipinski definition) is 3. The van der Waals surface area contributed by atoms with Crippen LogP contribution in [0.2, 0.25) is 0 Å². The second-order valence-corrected chi connectivity index (χ2v) is 5.06. The molecule has 4 nitrogen and oxygen atoms in total. The number of anilines is 1. The molecule has 1 aromatic carbocycles. The number of nitrogen functional groups attached to an aromatic ring is 1. The SMILES string of the molecule is Cn1nc(-c2ccccc2C2(CO)CC2)cc1N. The molecule has 0 spiro atoms. The van der Waals surface area contributed by atoms with E-state index in [9.17, 15) is 5.11 Å². The van der Waals surface area contributed by atoms with Crippen LogP contribution in [-0.2, 0) is 12.5 Å². The smallest absolute Gasteiger partial charge is 0.121 e.